The van der Waals surface area contributed by atoms with Crippen molar-refractivity contribution in [2.24, 2.45) is 0 Å². The summed E-state index contributed by atoms with van der Waals surface area (Å²) in [6, 6.07) is 13.8. The monoisotopic (exact) mass is 613 g/mol. The number of carboxylic acid groups (broad SMARTS) is 1. The number of imidazole rings is 1. The van der Waals surface area contributed by atoms with Gasteiger partial charge in [-0.2, -0.15) is 13.2 Å². The minimum atomic E-state index is -4.90. The Bertz CT molecular complexity index is 1680. The van der Waals surface area contributed by atoms with Crippen LogP contribution in [0.5, 0.6) is 0 Å². The Morgan fingerprint density at radius 2 is 1.75 bits per heavy atom. The first kappa shape index (κ1) is 29.5. The van der Waals surface area contributed by atoms with Gasteiger partial charge in [-0.1, -0.05) is 49.2 Å². The van der Waals surface area contributed by atoms with Gasteiger partial charge in [-0.05, 0) is 36.6 Å². The number of benzene rings is 2. The first-order chi connectivity index (χ1) is 21.1. The molecule has 10 nitrogen and oxygen atoms in total. The van der Waals surface area contributed by atoms with Crippen molar-refractivity contribution in [2.75, 3.05) is 5.32 Å². The van der Waals surface area contributed by atoms with E-state index in [2.05, 4.69) is 20.3 Å². The summed E-state index contributed by atoms with van der Waals surface area (Å²) >= 11 is 0. The van der Waals surface area contributed by atoms with Crippen LogP contribution >= 0.6 is 0 Å². The number of esters is 1. The van der Waals surface area contributed by atoms with Crippen molar-refractivity contribution in [1.82, 2.24) is 19.5 Å². The molecule has 0 bridgehead atoms. The van der Waals surface area contributed by atoms with E-state index in [1.807, 2.05) is 0 Å². The summed E-state index contributed by atoms with van der Waals surface area (Å²) in [5, 5.41) is 12.7. The van der Waals surface area contributed by atoms with Gasteiger partial charge in [0.25, 0.3) is 0 Å². The average molecular weight is 614 g/mol. The van der Waals surface area contributed by atoms with Crippen molar-refractivity contribution in [3.8, 4) is 0 Å². The number of carbonyl (C=O) groups excluding carboxylic acids is 1. The smallest absolute Gasteiger partial charge is 0.451 e. The number of hydrogen-bond acceptors (Lipinski definition) is 8. The molecule has 1 saturated carbocycles. The Morgan fingerprint density at radius 3 is 2.45 bits per heavy atom. The Hall–Kier alpha value is -4.59. The molecule has 4 atom stereocenters. The second kappa shape index (κ2) is 11.8. The molecule has 2 N–H and O–H groups in total. The number of halogens is 4. The lowest BCUT2D eigenvalue weighted by Gasteiger charge is -2.20. The van der Waals surface area contributed by atoms with Crippen molar-refractivity contribution in [3.63, 3.8) is 0 Å². The van der Waals surface area contributed by atoms with Crippen LogP contribution < -0.4 is 5.32 Å². The van der Waals surface area contributed by atoms with E-state index in [0.717, 1.165) is 36.6 Å². The van der Waals surface area contributed by atoms with E-state index in [4.69, 9.17) is 9.47 Å². The highest BCUT2D eigenvalue weighted by molar-refractivity contribution is 5.90. The van der Waals surface area contributed by atoms with Crippen molar-refractivity contribution < 1.29 is 41.7 Å². The summed E-state index contributed by atoms with van der Waals surface area (Å²) in [7, 11) is 0. The number of carboxylic acids is 1. The molecular weight excluding hydrogens is 586 g/mol. The molecule has 2 fully saturated rings. The van der Waals surface area contributed by atoms with Gasteiger partial charge in [-0.3, -0.25) is 4.57 Å². The average Bonchev–Trinajstić information content (AvgIpc) is 3.74. The number of fused-ring (bicyclic) bond motifs is 1. The van der Waals surface area contributed by atoms with Gasteiger partial charge in [0.15, 0.2) is 35.5 Å². The number of anilines is 1. The van der Waals surface area contributed by atoms with Crippen molar-refractivity contribution in [1.29, 1.82) is 0 Å². The Morgan fingerprint density at radius 1 is 1.05 bits per heavy atom. The number of hydrogen-bond donors (Lipinski definition) is 2. The summed E-state index contributed by atoms with van der Waals surface area (Å²) in [6.07, 6.45) is -7.08. The van der Waals surface area contributed by atoms with Gasteiger partial charge in [0.1, 0.15) is 6.10 Å². The van der Waals surface area contributed by atoms with E-state index in [9.17, 15) is 27.9 Å². The van der Waals surface area contributed by atoms with Gasteiger partial charge < -0.3 is 19.9 Å². The number of alkyl halides is 4. The standard InChI is InChI=1S/C30H27F4N5O5/c31-21-23(44-28(42)16-8-2-1-3-9-16)20(14-17-10-4-7-13-19(17)27(40)41)43-26(21)39-15-35-22-24(36-18-11-5-6-12-18)37-29(30(32,33)34)38-25(22)39/h1-4,7-10,13,15,18,20-21,23,26H,5-6,11-12,14H2,(H,40,41)(H,36,37,38)/t20-,21+,23-,26-/m1/s1. The summed E-state index contributed by atoms with van der Waals surface area (Å²) in [6.45, 7) is 0. The van der Waals surface area contributed by atoms with E-state index in [1.165, 1.54) is 30.3 Å². The van der Waals surface area contributed by atoms with Gasteiger partial charge in [0.2, 0.25) is 5.82 Å². The van der Waals surface area contributed by atoms with Crippen LogP contribution in [0.25, 0.3) is 11.2 Å². The molecule has 14 heteroatoms. The molecule has 1 aliphatic carbocycles. The second-order valence-corrected chi connectivity index (χ2v) is 10.8. The molecule has 230 valence electrons. The van der Waals surface area contributed by atoms with Gasteiger partial charge in [0.05, 0.1) is 17.5 Å². The first-order valence-corrected chi connectivity index (χ1v) is 14.0. The predicted molar refractivity (Wildman–Crippen MR) is 148 cm³/mol. The highest BCUT2D eigenvalue weighted by Crippen LogP contribution is 2.39. The van der Waals surface area contributed by atoms with Gasteiger partial charge >= 0.3 is 18.1 Å². The molecule has 4 aromatic rings. The number of carbonyl (C=O) groups is 2. The van der Waals surface area contributed by atoms with Crippen LogP contribution in [-0.4, -0.2) is 61.0 Å². The zero-order valence-electron chi connectivity index (χ0n) is 23.1. The maximum atomic E-state index is 16.3. The quantitative estimate of drug-likeness (QED) is 0.193. The fourth-order valence-electron chi connectivity index (χ4n) is 5.71. The summed E-state index contributed by atoms with van der Waals surface area (Å²) in [4.78, 5) is 36.4. The molecule has 1 aliphatic heterocycles. The Labute approximate surface area is 248 Å². The van der Waals surface area contributed by atoms with Crippen molar-refractivity contribution >= 4 is 28.9 Å². The van der Waals surface area contributed by atoms with Crippen LogP contribution in [0.4, 0.5) is 23.4 Å². The first-order valence-electron chi connectivity index (χ1n) is 14.0. The van der Waals surface area contributed by atoms with Crippen LogP contribution in [0.3, 0.4) is 0 Å². The zero-order valence-corrected chi connectivity index (χ0v) is 23.1. The molecule has 44 heavy (non-hydrogen) atoms. The minimum Gasteiger partial charge on any atom is -0.478 e. The third-order valence-corrected chi connectivity index (χ3v) is 7.83. The number of nitrogens with zero attached hydrogens (tertiary/aromatic N) is 4. The number of aromatic nitrogens is 4. The van der Waals surface area contributed by atoms with Crippen molar-refractivity contribution in [3.05, 3.63) is 83.4 Å². The SMILES string of the molecule is O=C(O[C@H]1[C@H](F)[C@H](n2cnc3c(NC4CCCC4)nc(C(F)(F)F)nc32)O[C@@H]1Cc1ccccc1C(=O)O)c1ccccc1. The highest BCUT2D eigenvalue weighted by atomic mass is 19.4. The molecule has 3 heterocycles. The van der Waals surface area contributed by atoms with Crippen LogP contribution in [0.2, 0.25) is 0 Å². The van der Waals surface area contributed by atoms with Crippen molar-refractivity contribution in [2.45, 2.75) is 68.9 Å². The fraction of sp³-hybridized carbons (Fsp3) is 0.367. The van der Waals surface area contributed by atoms with Gasteiger partial charge in [-0.15, -0.1) is 0 Å². The minimum absolute atomic E-state index is 0.00166. The van der Waals surface area contributed by atoms with Crippen LogP contribution in [0, 0.1) is 0 Å². The lowest BCUT2D eigenvalue weighted by Crippen LogP contribution is -2.35. The number of rotatable bonds is 8. The van der Waals surface area contributed by atoms with Crippen LogP contribution in [0.1, 0.15) is 64.0 Å². The van der Waals surface area contributed by atoms with E-state index >= 15 is 4.39 Å². The summed E-state index contributed by atoms with van der Waals surface area (Å²) in [5.41, 5.74) is 0.0599. The molecule has 2 aromatic carbocycles. The van der Waals surface area contributed by atoms with E-state index in [-0.39, 0.29) is 40.6 Å². The predicted octanol–water partition coefficient (Wildman–Crippen LogP) is 5.60. The third kappa shape index (κ3) is 5.81. The number of nitrogens with one attached hydrogen (secondary N) is 1. The molecular formula is C30H27F4N5O5. The second-order valence-electron chi connectivity index (χ2n) is 10.8. The van der Waals surface area contributed by atoms with Crippen LogP contribution in [-0.2, 0) is 22.1 Å². The summed E-state index contributed by atoms with van der Waals surface area (Å²) < 4.78 is 70.6. The molecule has 0 unspecified atom stereocenters. The third-order valence-electron chi connectivity index (χ3n) is 7.83. The molecule has 2 aliphatic rings. The normalized spacial score (nSPS) is 22.4. The molecule has 0 radical (unpaired) electrons. The topological polar surface area (TPSA) is 128 Å². The van der Waals surface area contributed by atoms with Crippen LogP contribution in [0.15, 0.2) is 60.9 Å². The van der Waals surface area contributed by atoms with E-state index in [1.54, 1.807) is 24.3 Å². The number of aromatic carboxylic acids is 1. The largest absolute Gasteiger partial charge is 0.478 e. The summed E-state index contributed by atoms with van der Waals surface area (Å²) in [5.74, 6) is -3.62. The molecule has 1 saturated heterocycles. The lowest BCUT2D eigenvalue weighted by molar-refractivity contribution is -0.144. The molecule has 6 rings (SSSR count). The highest BCUT2D eigenvalue weighted by Gasteiger charge is 2.50. The van der Waals surface area contributed by atoms with E-state index < -0.39 is 48.5 Å². The maximum Gasteiger partial charge on any atom is 0.451 e. The molecule has 0 amide bonds. The Balaban J connectivity index is 1.39. The zero-order chi connectivity index (χ0) is 31.0. The fourth-order valence-corrected chi connectivity index (χ4v) is 5.71. The Kier molecular flexibility index (Phi) is 7.93. The maximum absolute atomic E-state index is 16.3. The molecule has 0 spiro atoms. The van der Waals surface area contributed by atoms with Gasteiger partial charge in [0, 0.05) is 12.5 Å². The number of ether oxygens (including phenoxy) is 2. The lowest BCUT2D eigenvalue weighted by atomic mass is 9.98. The van der Waals surface area contributed by atoms with E-state index in [0.29, 0.717) is 5.56 Å². The van der Waals surface area contributed by atoms with Gasteiger partial charge in [-0.25, -0.2) is 28.9 Å². The molecule has 2 aromatic heterocycles.